The van der Waals surface area contributed by atoms with Gasteiger partial charge >= 0.3 is 0 Å². The molecular weight excluding hydrogens is 200 g/mol. The standard InChI is InChI=1S/C13H26OSi/c1-10(2)15(11(3)4,12(5)6)9-8-13(7)14/h10-14H,1-7H3/t13-/m0/s1. The summed E-state index contributed by atoms with van der Waals surface area (Å²) >= 11 is 0. The van der Waals surface area contributed by atoms with Crippen LogP contribution in [0.25, 0.3) is 0 Å². The summed E-state index contributed by atoms with van der Waals surface area (Å²) in [6, 6.07) is 0. The van der Waals surface area contributed by atoms with Gasteiger partial charge in [0.2, 0.25) is 0 Å². The minimum Gasteiger partial charge on any atom is -0.381 e. The molecule has 0 saturated heterocycles. The topological polar surface area (TPSA) is 20.2 Å². The van der Waals surface area contributed by atoms with Crippen LogP contribution in [0.1, 0.15) is 48.5 Å². The molecule has 0 aliphatic carbocycles. The smallest absolute Gasteiger partial charge is 0.146 e. The van der Waals surface area contributed by atoms with Gasteiger partial charge in [0, 0.05) is 0 Å². The average Bonchev–Trinajstić information content (AvgIpc) is 2.02. The largest absolute Gasteiger partial charge is 0.381 e. The lowest BCUT2D eigenvalue weighted by atomic mass is 10.4. The summed E-state index contributed by atoms with van der Waals surface area (Å²) in [6.07, 6.45) is -0.492. The molecular formula is C13H26OSi. The van der Waals surface area contributed by atoms with Crippen LogP contribution < -0.4 is 0 Å². The number of aliphatic hydroxyl groups is 1. The first-order valence-corrected chi connectivity index (χ1v) is 8.19. The van der Waals surface area contributed by atoms with Gasteiger partial charge in [-0.05, 0) is 23.5 Å². The highest BCUT2D eigenvalue weighted by Crippen LogP contribution is 2.40. The van der Waals surface area contributed by atoms with Crippen molar-refractivity contribution in [3.05, 3.63) is 0 Å². The van der Waals surface area contributed by atoms with Crippen LogP contribution in [0.2, 0.25) is 16.6 Å². The van der Waals surface area contributed by atoms with Crippen LogP contribution in [-0.4, -0.2) is 19.3 Å². The van der Waals surface area contributed by atoms with Crippen LogP contribution in [0.4, 0.5) is 0 Å². The molecule has 15 heavy (non-hydrogen) atoms. The van der Waals surface area contributed by atoms with Gasteiger partial charge in [-0.1, -0.05) is 47.5 Å². The molecule has 0 amide bonds. The van der Waals surface area contributed by atoms with Gasteiger partial charge in [0.05, 0.1) is 0 Å². The normalized spacial score (nSPS) is 14.3. The van der Waals surface area contributed by atoms with Crippen molar-refractivity contribution in [2.75, 3.05) is 0 Å². The molecule has 0 spiro atoms. The molecule has 0 aromatic carbocycles. The summed E-state index contributed by atoms with van der Waals surface area (Å²) in [5.41, 5.74) is 5.40. The first-order valence-electron chi connectivity index (χ1n) is 5.95. The predicted molar refractivity (Wildman–Crippen MR) is 70.5 cm³/mol. The summed E-state index contributed by atoms with van der Waals surface area (Å²) in [6.45, 7) is 15.4. The Morgan fingerprint density at radius 3 is 1.33 bits per heavy atom. The summed E-state index contributed by atoms with van der Waals surface area (Å²) in [5, 5.41) is 9.31. The SMILES string of the molecule is CC(C)[Si](C#C[C@H](C)O)(C(C)C)C(C)C. The molecule has 1 atom stereocenters. The molecule has 0 heterocycles. The Morgan fingerprint density at radius 1 is 0.800 bits per heavy atom. The highest BCUT2D eigenvalue weighted by Gasteiger charge is 2.41. The highest BCUT2D eigenvalue weighted by molar-refractivity contribution is 6.90. The van der Waals surface area contributed by atoms with E-state index in [1.54, 1.807) is 6.92 Å². The van der Waals surface area contributed by atoms with Gasteiger partial charge in [-0.25, -0.2) is 0 Å². The lowest BCUT2D eigenvalue weighted by Crippen LogP contribution is -2.43. The summed E-state index contributed by atoms with van der Waals surface area (Å²) in [4.78, 5) is 0. The van der Waals surface area contributed by atoms with Crippen molar-refractivity contribution >= 4 is 8.07 Å². The Kier molecular flexibility index (Phi) is 5.62. The number of aliphatic hydroxyl groups excluding tert-OH is 1. The highest BCUT2D eigenvalue weighted by atomic mass is 28.3. The van der Waals surface area contributed by atoms with E-state index in [-0.39, 0.29) is 0 Å². The maximum atomic E-state index is 9.31. The van der Waals surface area contributed by atoms with Gasteiger partial charge in [0.25, 0.3) is 0 Å². The molecule has 0 fully saturated rings. The second-order valence-electron chi connectivity index (χ2n) is 5.34. The van der Waals surface area contributed by atoms with Gasteiger partial charge in [0.1, 0.15) is 14.2 Å². The van der Waals surface area contributed by atoms with Crippen LogP contribution in [0.15, 0.2) is 0 Å². The van der Waals surface area contributed by atoms with Gasteiger partial charge in [0.15, 0.2) is 0 Å². The van der Waals surface area contributed by atoms with Crippen molar-refractivity contribution in [2.45, 2.75) is 71.2 Å². The Bertz CT molecular complexity index is 221. The molecule has 0 unspecified atom stereocenters. The summed E-state index contributed by atoms with van der Waals surface area (Å²) in [7, 11) is -1.61. The third kappa shape index (κ3) is 3.36. The molecule has 0 aliphatic heterocycles. The molecule has 0 saturated carbocycles. The number of rotatable bonds is 3. The Balaban J connectivity index is 5.27. The van der Waals surface area contributed by atoms with Crippen molar-refractivity contribution in [2.24, 2.45) is 0 Å². The van der Waals surface area contributed by atoms with Crippen molar-refractivity contribution in [3.8, 4) is 11.5 Å². The zero-order valence-corrected chi connectivity index (χ0v) is 12.3. The zero-order valence-electron chi connectivity index (χ0n) is 11.3. The van der Waals surface area contributed by atoms with Gasteiger partial charge in [-0.2, -0.15) is 0 Å². The maximum absolute atomic E-state index is 9.31. The van der Waals surface area contributed by atoms with Crippen LogP contribution in [-0.2, 0) is 0 Å². The third-order valence-corrected chi connectivity index (χ3v) is 9.67. The van der Waals surface area contributed by atoms with Crippen molar-refractivity contribution < 1.29 is 5.11 Å². The number of hydrogen-bond acceptors (Lipinski definition) is 1. The van der Waals surface area contributed by atoms with E-state index in [0.29, 0.717) is 16.6 Å². The van der Waals surface area contributed by atoms with Crippen LogP contribution in [0, 0.1) is 11.5 Å². The molecule has 88 valence electrons. The molecule has 0 radical (unpaired) electrons. The van der Waals surface area contributed by atoms with Crippen molar-refractivity contribution in [1.82, 2.24) is 0 Å². The first kappa shape index (κ1) is 14.7. The minimum atomic E-state index is -1.61. The van der Waals surface area contributed by atoms with Gasteiger partial charge in [-0.3, -0.25) is 0 Å². The molecule has 0 bridgehead atoms. The average molecular weight is 226 g/mol. The van der Waals surface area contributed by atoms with E-state index in [4.69, 9.17) is 0 Å². The van der Waals surface area contributed by atoms with Crippen LogP contribution >= 0.6 is 0 Å². The van der Waals surface area contributed by atoms with E-state index in [1.165, 1.54) is 0 Å². The quantitative estimate of drug-likeness (QED) is 0.576. The summed E-state index contributed by atoms with van der Waals surface area (Å²) < 4.78 is 0. The molecule has 0 aromatic rings. The van der Waals surface area contributed by atoms with Gasteiger partial charge in [-0.15, -0.1) is 5.54 Å². The molecule has 1 nitrogen and oxygen atoms in total. The van der Waals surface area contributed by atoms with E-state index in [1.807, 2.05) is 0 Å². The first-order chi connectivity index (χ1) is 6.75. The number of hydrogen-bond donors (Lipinski definition) is 1. The van der Waals surface area contributed by atoms with Crippen LogP contribution in [0.5, 0.6) is 0 Å². The lowest BCUT2D eigenvalue weighted by molar-refractivity contribution is 0.253. The van der Waals surface area contributed by atoms with Gasteiger partial charge < -0.3 is 5.11 Å². The van der Waals surface area contributed by atoms with Crippen LogP contribution in [0.3, 0.4) is 0 Å². The maximum Gasteiger partial charge on any atom is 0.146 e. The molecule has 1 N–H and O–H groups in total. The molecule has 2 heteroatoms. The monoisotopic (exact) mass is 226 g/mol. The van der Waals surface area contributed by atoms with E-state index < -0.39 is 14.2 Å². The molecule has 0 aromatic heterocycles. The Hall–Kier alpha value is -0.263. The van der Waals surface area contributed by atoms with Crippen molar-refractivity contribution in [3.63, 3.8) is 0 Å². The van der Waals surface area contributed by atoms with E-state index in [0.717, 1.165) is 0 Å². The third-order valence-electron chi connectivity index (χ3n) is 3.36. The second-order valence-corrected chi connectivity index (χ2v) is 10.9. The molecule has 0 rings (SSSR count). The zero-order chi connectivity index (χ0) is 12.2. The fourth-order valence-corrected chi connectivity index (χ4v) is 7.99. The van der Waals surface area contributed by atoms with E-state index in [2.05, 4.69) is 53.0 Å². The minimum absolute atomic E-state index is 0.492. The fraction of sp³-hybridized carbons (Fsp3) is 0.846. The lowest BCUT2D eigenvalue weighted by Gasteiger charge is -2.38. The van der Waals surface area contributed by atoms with E-state index >= 15 is 0 Å². The second kappa shape index (κ2) is 5.72. The predicted octanol–water partition coefficient (Wildman–Crippen LogP) is 3.59. The van der Waals surface area contributed by atoms with Crippen molar-refractivity contribution in [1.29, 1.82) is 0 Å². The Morgan fingerprint density at radius 2 is 1.13 bits per heavy atom. The summed E-state index contributed by atoms with van der Waals surface area (Å²) in [5.74, 6) is 3.00. The fourth-order valence-electron chi connectivity index (χ4n) is 2.66. The van der Waals surface area contributed by atoms with E-state index in [9.17, 15) is 5.11 Å². The molecule has 0 aliphatic rings. The Labute approximate surface area is 96.3 Å².